The second-order valence-electron chi connectivity index (χ2n) is 4.41. The fourth-order valence-electron chi connectivity index (χ4n) is 1.51. The summed E-state index contributed by atoms with van der Waals surface area (Å²) in [6.07, 6.45) is 0.981. The molecule has 0 aliphatic carbocycles. The first-order valence-corrected chi connectivity index (χ1v) is 6.38. The largest absolute Gasteiger partial charge is 0.489 e. The number of nitrogens with two attached hydrogens (primary N) is 1. The summed E-state index contributed by atoms with van der Waals surface area (Å²) in [5.74, 6) is 0.444. The second-order valence-corrected chi connectivity index (χ2v) is 4.41. The number of hydrogen-bond donors (Lipinski definition) is 1. The van der Waals surface area contributed by atoms with Gasteiger partial charge in [-0.05, 0) is 24.6 Å². The summed E-state index contributed by atoms with van der Waals surface area (Å²) in [5.41, 5.74) is 6.89. The van der Waals surface area contributed by atoms with Crippen molar-refractivity contribution in [1.82, 2.24) is 4.90 Å². The molecule has 1 amide bonds. The Kier molecular flexibility index (Phi) is 6.15. The second kappa shape index (κ2) is 7.63. The summed E-state index contributed by atoms with van der Waals surface area (Å²) in [5, 5.41) is 0. The molecule has 0 atom stereocenters. The Morgan fingerprint density at radius 2 is 2.00 bits per heavy atom. The fourth-order valence-corrected chi connectivity index (χ4v) is 1.51. The van der Waals surface area contributed by atoms with Crippen molar-refractivity contribution < 1.29 is 14.3 Å². The van der Waals surface area contributed by atoms with Gasteiger partial charge in [-0.25, -0.2) is 0 Å². The molecule has 1 rings (SSSR count). The first-order chi connectivity index (χ1) is 9.06. The molecule has 0 heterocycles. The molecule has 0 aromatic heterocycles. The Morgan fingerprint density at radius 1 is 1.26 bits per heavy atom. The summed E-state index contributed by atoms with van der Waals surface area (Å²) in [7, 11) is 3.41. The molecule has 1 aromatic rings. The minimum atomic E-state index is -0.0768. The van der Waals surface area contributed by atoms with Crippen molar-refractivity contribution in [3.05, 3.63) is 23.8 Å². The Hall–Kier alpha value is -1.75. The van der Waals surface area contributed by atoms with Crippen molar-refractivity contribution in [2.75, 3.05) is 39.6 Å². The van der Waals surface area contributed by atoms with Crippen LogP contribution >= 0.6 is 0 Å². The molecule has 0 saturated carbocycles. The first-order valence-electron chi connectivity index (χ1n) is 6.38. The predicted molar refractivity (Wildman–Crippen MR) is 75.5 cm³/mol. The Bertz CT molecular complexity index is 419. The molecule has 5 heteroatoms. The number of nitrogens with zero attached hydrogens (tertiary/aromatic N) is 1. The van der Waals surface area contributed by atoms with Crippen LogP contribution in [0.15, 0.2) is 18.2 Å². The molecular formula is C14H22N2O3. The van der Waals surface area contributed by atoms with Gasteiger partial charge in [0.1, 0.15) is 12.4 Å². The lowest BCUT2D eigenvalue weighted by Crippen LogP contribution is -2.21. The van der Waals surface area contributed by atoms with Gasteiger partial charge in [-0.15, -0.1) is 0 Å². The monoisotopic (exact) mass is 266 g/mol. The van der Waals surface area contributed by atoms with Gasteiger partial charge in [-0.1, -0.05) is 6.92 Å². The maximum atomic E-state index is 11.8. The SMILES string of the molecule is CCCOCCOc1cc(C(=O)N(C)C)ccc1N. The number of benzene rings is 1. The average Bonchev–Trinajstić information content (AvgIpc) is 2.39. The number of hydrogen-bond acceptors (Lipinski definition) is 4. The molecule has 0 bridgehead atoms. The number of ether oxygens (including phenoxy) is 2. The molecule has 0 aliphatic rings. The van der Waals surface area contributed by atoms with Crippen molar-refractivity contribution in [2.45, 2.75) is 13.3 Å². The van der Waals surface area contributed by atoms with Crippen LogP contribution in [0.3, 0.4) is 0 Å². The maximum absolute atomic E-state index is 11.8. The highest BCUT2D eigenvalue weighted by Crippen LogP contribution is 2.23. The molecule has 0 radical (unpaired) electrons. The summed E-state index contributed by atoms with van der Waals surface area (Å²) in [4.78, 5) is 13.3. The van der Waals surface area contributed by atoms with E-state index in [1.54, 1.807) is 32.3 Å². The normalized spacial score (nSPS) is 10.3. The van der Waals surface area contributed by atoms with Gasteiger partial charge in [0.25, 0.3) is 5.91 Å². The van der Waals surface area contributed by atoms with E-state index in [1.165, 1.54) is 4.90 Å². The van der Waals surface area contributed by atoms with Crippen LogP contribution < -0.4 is 10.5 Å². The number of carbonyl (C=O) groups is 1. The third-order valence-corrected chi connectivity index (χ3v) is 2.50. The Labute approximate surface area is 114 Å². The van der Waals surface area contributed by atoms with Crippen molar-refractivity contribution in [2.24, 2.45) is 0 Å². The minimum absolute atomic E-state index is 0.0768. The first kappa shape index (κ1) is 15.3. The Morgan fingerprint density at radius 3 is 2.63 bits per heavy atom. The summed E-state index contributed by atoms with van der Waals surface area (Å²) in [6.45, 7) is 3.70. The van der Waals surface area contributed by atoms with Crippen molar-refractivity contribution >= 4 is 11.6 Å². The molecule has 1 aromatic carbocycles. The van der Waals surface area contributed by atoms with Gasteiger partial charge < -0.3 is 20.1 Å². The standard InChI is InChI=1S/C14H22N2O3/c1-4-7-18-8-9-19-13-10-11(5-6-12(13)15)14(17)16(2)3/h5-6,10H,4,7-9,15H2,1-3H3. The van der Waals surface area contributed by atoms with E-state index in [0.717, 1.165) is 13.0 Å². The van der Waals surface area contributed by atoms with Crippen LogP contribution in [0.4, 0.5) is 5.69 Å². The van der Waals surface area contributed by atoms with E-state index in [-0.39, 0.29) is 5.91 Å². The van der Waals surface area contributed by atoms with Gasteiger partial charge in [0.15, 0.2) is 0 Å². The molecule has 0 spiro atoms. The molecule has 0 aliphatic heterocycles. The van der Waals surface area contributed by atoms with Crippen LogP contribution in [0.25, 0.3) is 0 Å². The van der Waals surface area contributed by atoms with Crippen molar-refractivity contribution in [3.8, 4) is 5.75 Å². The van der Waals surface area contributed by atoms with E-state index in [2.05, 4.69) is 6.92 Å². The number of nitrogen functional groups attached to an aromatic ring is 1. The maximum Gasteiger partial charge on any atom is 0.253 e. The van der Waals surface area contributed by atoms with Crippen molar-refractivity contribution in [3.63, 3.8) is 0 Å². The lowest BCUT2D eigenvalue weighted by Gasteiger charge is -2.13. The summed E-state index contributed by atoms with van der Waals surface area (Å²) < 4.78 is 10.9. The fraction of sp³-hybridized carbons (Fsp3) is 0.500. The number of amides is 1. The highest BCUT2D eigenvalue weighted by atomic mass is 16.5. The van der Waals surface area contributed by atoms with Crippen molar-refractivity contribution in [1.29, 1.82) is 0 Å². The number of carbonyl (C=O) groups excluding carboxylic acids is 1. The third kappa shape index (κ3) is 4.79. The molecule has 0 fully saturated rings. The summed E-state index contributed by atoms with van der Waals surface area (Å²) >= 11 is 0. The van der Waals surface area contributed by atoms with Gasteiger partial charge >= 0.3 is 0 Å². The van der Waals surface area contributed by atoms with Crippen LogP contribution in [0.2, 0.25) is 0 Å². The lowest BCUT2D eigenvalue weighted by atomic mass is 10.1. The van der Waals surface area contributed by atoms with E-state index in [1.807, 2.05) is 0 Å². The number of rotatable bonds is 7. The van der Waals surface area contributed by atoms with E-state index in [4.69, 9.17) is 15.2 Å². The van der Waals surface area contributed by atoms with E-state index in [0.29, 0.717) is 30.2 Å². The minimum Gasteiger partial charge on any atom is -0.489 e. The third-order valence-electron chi connectivity index (χ3n) is 2.50. The van der Waals surface area contributed by atoms with Crippen LogP contribution in [-0.2, 0) is 4.74 Å². The van der Waals surface area contributed by atoms with Gasteiger partial charge in [0, 0.05) is 26.3 Å². The molecule has 106 valence electrons. The number of anilines is 1. The lowest BCUT2D eigenvalue weighted by molar-refractivity contribution is 0.0826. The molecule has 5 nitrogen and oxygen atoms in total. The van der Waals surface area contributed by atoms with E-state index < -0.39 is 0 Å². The van der Waals surface area contributed by atoms with Crippen LogP contribution in [0.5, 0.6) is 5.75 Å². The molecule has 0 unspecified atom stereocenters. The van der Waals surface area contributed by atoms with E-state index in [9.17, 15) is 4.79 Å². The van der Waals surface area contributed by atoms with Gasteiger partial charge in [-0.3, -0.25) is 4.79 Å². The molecule has 19 heavy (non-hydrogen) atoms. The van der Waals surface area contributed by atoms with Crippen LogP contribution in [-0.4, -0.2) is 44.7 Å². The molecule has 0 saturated heterocycles. The molecule has 2 N–H and O–H groups in total. The average molecular weight is 266 g/mol. The summed E-state index contributed by atoms with van der Waals surface area (Å²) in [6, 6.07) is 5.04. The zero-order chi connectivity index (χ0) is 14.3. The topological polar surface area (TPSA) is 64.8 Å². The quantitative estimate of drug-likeness (QED) is 0.603. The zero-order valence-corrected chi connectivity index (χ0v) is 11.8. The Balaban J connectivity index is 2.62. The predicted octanol–water partition coefficient (Wildman–Crippen LogP) is 1.78. The van der Waals surface area contributed by atoms with E-state index >= 15 is 0 Å². The molecular weight excluding hydrogens is 244 g/mol. The highest BCUT2D eigenvalue weighted by Gasteiger charge is 2.10. The van der Waals surface area contributed by atoms with Gasteiger partial charge in [-0.2, -0.15) is 0 Å². The highest BCUT2D eigenvalue weighted by molar-refractivity contribution is 5.94. The smallest absolute Gasteiger partial charge is 0.253 e. The zero-order valence-electron chi connectivity index (χ0n) is 11.8. The van der Waals surface area contributed by atoms with Gasteiger partial charge in [0.05, 0.1) is 12.3 Å². The van der Waals surface area contributed by atoms with Crippen LogP contribution in [0.1, 0.15) is 23.7 Å². The van der Waals surface area contributed by atoms with Gasteiger partial charge in [0.2, 0.25) is 0 Å². The van der Waals surface area contributed by atoms with Crippen LogP contribution in [0, 0.1) is 0 Å².